The molecule has 0 radical (unpaired) electrons. The number of aromatic nitrogens is 2. The summed E-state index contributed by atoms with van der Waals surface area (Å²) in [6, 6.07) is 20.4. The molecule has 0 unspecified atom stereocenters. The highest BCUT2D eigenvalue weighted by atomic mass is 32.2. The van der Waals surface area contributed by atoms with Crippen LogP contribution >= 0.6 is 11.8 Å². The number of nitrogens with zero attached hydrogens (tertiary/aromatic N) is 2. The number of amides is 1. The fourth-order valence-electron chi connectivity index (χ4n) is 2.68. The van der Waals surface area contributed by atoms with Crippen LogP contribution in [0.3, 0.4) is 0 Å². The minimum atomic E-state index is -0.272. The number of anilines is 1. The molecule has 0 saturated heterocycles. The van der Waals surface area contributed by atoms with Crippen LogP contribution in [-0.2, 0) is 4.79 Å². The van der Waals surface area contributed by atoms with Crippen molar-refractivity contribution in [3.8, 4) is 17.2 Å². The van der Waals surface area contributed by atoms with Gasteiger partial charge in [-0.15, -0.1) is 10.2 Å². The van der Waals surface area contributed by atoms with Crippen LogP contribution in [0.1, 0.15) is 0 Å². The summed E-state index contributed by atoms with van der Waals surface area (Å²) in [4.78, 5) is 12.1. The van der Waals surface area contributed by atoms with Gasteiger partial charge in [-0.25, -0.2) is 0 Å². The Bertz CT molecular complexity index is 1110. The van der Waals surface area contributed by atoms with E-state index >= 15 is 0 Å². The molecule has 0 aliphatic carbocycles. The quantitative estimate of drug-likeness (QED) is 0.398. The number of para-hydroxylation sites is 2. The smallest absolute Gasteiger partial charge is 0.277 e. The topological polar surface area (TPSA) is 88.2 Å². The largest absolute Gasteiger partial charge is 0.506 e. The third-order valence-corrected chi connectivity index (χ3v) is 4.75. The predicted molar refractivity (Wildman–Crippen MR) is 105 cm³/mol. The molecule has 0 aliphatic heterocycles. The van der Waals surface area contributed by atoms with E-state index < -0.39 is 0 Å². The van der Waals surface area contributed by atoms with Gasteiger partial charge in [-0.2, -0.15) is 0 Å². The Morgan fingerprint density at radius 1 is 1.00 bits per heavy atom. The molecule has 1 heterocycles. The van der Waals surface area contributed by atoms with Crippen molar-refractivity contribution in [2.45, 2.75) is 5.22 Å². The van der Waals surface area contributed by atoms with Gasteiger partial charge in [-0.05, 0) is 29.0 Å². The van der Waals surface area contributed by atoms with Crippen molar-refractivity contribution < 1.29 is 14.3 Å². The zero-order valence-corrected chi connectivity index (χ0v) is 14.9. The monoisotopic (exact) mass is 377 g/mol. The average Bonchev–Trinajstić information content (AvgIpc) is 3.17. The summed E-state index contributed by atoms with van der Waals surface area (Å²) in [6.45, 7) is 0. The molecular weight excluding hydrogens is 362 g/mol. The summed E-state index contributed by atoms with van der Waals surface area (Å²) in [5.74, 6) is 0.250. The summed E-state index contributed by atoms with van der Waals surface area (Å²) < 4.78 is 5.71. The van der Waals surface area contributed by atoms with Crippen molar-refractivity contribution in [1.82, 2.24) is 10.2 Å². The maximum absolute atomic E-state index is 12.1. The van der Waals surface area contributed by atoms with Gasteiger partial charge < -0.3 is 14.8 Å². The summed E-state index contributed by atoms with van der Waals surface area (Å²) in [7, 11) is 0. The highest BCUT2D eigenvalue weighted by molar-refractivity contribution is 7.99. The molecule has 0 atom stereocenters. The van der Waals surface area contributed by atoms with E-state index in [0.29, 0.717) is 16.8 Å². The second-order valence-corrected chi connectivity index (χ2v) is 6.68. The highest BCUT2D eigenvalue weighted by Gasteiger charge is 2.14. The molecule has 0 fully saturated rings. The molecule has 0 aliphatic rings. The lowest BCUT2D eigenvalue weighted by atomic mass is 10.0. The first-order chi connectivity index (χ1) is 13.2. The van der Waals surface area contributed by atoms with Gasteiger partial charge in [0.25, 0.3) is 5.22 Å². The first-order valence-corrected chi connectivity index (χ1v) is 9.21. The Balaban J connectivity index is 1.45. The molecule has 0 saturated carbocycles. The third-order valence-electron chi connectivity index (χ3n) is 3.93. The van der Waals surface area contributed by atoms with Crippen molar-refractivity contribution >= 4 is 34.1 Å². The highest BCUT2D eigenvalue weighted by Crippen LogP contribution is 2.29. The van der Waals surface area contributed by atoms with Crippen LogP contribution in [0.25, 0.3) is 22.2 Å². The number of rotatable bonds is 5. The number of thioether (sulfide) groups is 1. The molecule has 0 bridgehead atoms. The lowest BCUT2D eigenvalue weighted by Crippen LogP contribution is -2.14. The maximum Gasteiger partial charge on any atom is 0.277 e. The summed E-state index contributed by atoms with van der Waals surface area (Å²) in [5, 5.41) is 22.9. The predicted octanol–water partition coefficient (Wildman–Crippen LogP) is 4.33. The number of hydrogen-bond acceptors (Lipinski definition) is 6. The average molecular weight is 377 g/mol. The Morgan fingerprint density at radius 2 is 1.78 bits per heavy atom. The van der Waals surface area contributed by atoms with E-state index in [1.54, 1.807) is 18.2 Å². The Kier molecular flexibility index (Phi) is 4.76. The van der Waals surface area contributed by atoms with Crippen molar-refractivity contribution in [3.05, 3.63) is 66.7 Å². The van der Waals surface area contributed by atoms with Crippen LogP contribution in [0.4, 0.5) is 5.69 Å². The number of aromatic hydroxyl groups is 1. The fraction of sp³-hybridized carbons (Fsp3) is 0.0500. The van der Waals surface area contributed by atoms with E-state index in [9.17, 15) is 9.90 Å². The molecule has 0 spiro atoms. The first-order valence-electron chi connectivity index (χ1n) is 8.23. The van der Waals surface area contributed by atoms with Crippen molar-refractivity contribution in [2.75, 3.05) is 11.1 Å². The fourth-order valence-corrected chi connectivity index (χ4v) is 3.24. The van der Waals surface area contributed by atoms with E-state index in [2.05, 4.69) is 15.5 Å². The SMILES string of the molecule is O=C(CSc1nnc(-c2cccc3ccccc23)o1)Nc1ccccc1O. The number of fused-ring (bicyclic) bond motifs is 1. The molecule has 6 nitrogen and oxygen atoms in total. The molecule has 4 rings (SSSR count). The van der Waals surface area contributed by atoms with Crippen LogP contribution in [0.5, 0.6) is 5.75 Å². The van der Waals surface area contributed by atoms with Crippen molar-refractivity contribution in [3.63, 3.8) is 0 Å². The van der Waals surface area contributed by atoms with Gasteiger partial charge in [0.15, 0.2) is 0 Å². The van der Waals surface area contributed by atoms with Crippen LogP contribution in [0, 0.1) is 0 Å². The summed E-state index contributed by atoms with van der Waals surface area (Å²) in [6.07, 6.45) is 0. The normalized spacial score (nSPS) is 10.8. The van der Waals surface area contributed by atoms with E-state index in [4.69, 9.17) is 4.42 Å². The summed E-state index contributed by atoms with van der Waals surface area (Å²) >= 11 is 1.14. The number of carbonyl (C=O) groups excluding carboxylic acids is 1. The molecule has 134 valence electrons. The van der Waals surface area contributed by atoms with Crippen LogP contribution < -0.4 is 5.32 Å². The van der Waals surface area contributed by atoms with E-state index in [0.717, 1.165) is 28.1 Å². The molecule has 7 heteroatoms. The van der Waals surface area contributed by atoms with Gasteiger partial charge in [-0.1, -0.05) is 60.3 Å². The standard InChI is InChI=1S/C20H15N3O3S/c24-17-11-4-3-10-16(17)21-18(25)12-27-20-23-22-19(26-20)15-9-5-7-13-6-1-2-8-14(13)15/h1-11,24H,12H2,(H,21,25). The molecule has 2 N–H and O–H groups in total. The van der Waals surface area contributed by atoms with Gasteiger partial charge in [0, 0.05) is 5.56 Å². The number of phenolic OH excluding ortho intramolecular Hbond substituents is 1. The second-order valence-electron chi connectivity index (χ2n) is 5.75. The zero-order valence-electron chi connectivity index (χ0n) is 14.1. The Labute approximate surface area is 159 Å². The minimum Gasteiger partial charge on any atom is -0.506 e. The number of hydrogen-bond donors (Lipinski definition) is 2. The Hall–Kier alpha value is -3.32. The van der Waals surface area contributed by atoms with Crippen molar-refractivity contribution in [2.24, 2.45) is 0 Å². The van der Waals surface area contributed by atoms with Gasteiger partial charge in [-0.3, -0.25) is 4.79 Å². The maximum atomic E-state index is 12.1. The molecule has 27 heavy (non-hydrogen) atoms. The molecular formula is C20H15N3O3S. The van der Waals surface area contributed by atoms with Gasteiger partial charge >= 0.3 is 0 Å². The second kappa shape index (κ2) is 7.51. The third kappa shape index (κ3) is 3.78. The zero-order chi connectivity index (χ0) is 18.6. The van der Waals surface area contributed by atoms with Gasteiger partial charge in [0.05, 0.1) is 11.4 Å². The van der Waals surface area contributed by atoms with Crippen molar-refractivity contribution in [1.29, 1.82) is 0 Å². The minimum absolute atomic E-state index is 0.0203. The van der Waals surface area contributed by atoms with E-state index in [1.807, 2.05) is 42.5 Å². The van der Waals surface area contributed by atoms with Gasteiger partial charge in [0.2, 0.25) is 11.8 Å². The van der Waals surface area contributed by atoms with Gasteiger partial charge in [0.1, 0.15) is 5.75 Å². The van der Waals surface area contributed by atoms with E-state index in [-0.39, 0.29) is 17.4 Å². The number of phenols is 1. The molecule has 4 aromatic rings. The van der Waals surface area contributed by atoms with Crippen LogP contribution in [-0.4, -0.2) is 27.0 Å². The Morgan fingerprint density at radius 3 is 2.67 bits per heavy atom. The molecule has 1 aromatic heterocycles. The van der Waals surface area contributed by atoms with E-state index in [1.165, 1.54) is 6.07 Å². The number of benzene rings is 3. The number of nitrogens with one attached hydrogen (secondary N) is 1. The number of carbonyl (C=O) groups is 1. The lowest BCUT2D eigenvalue weighted by Gasteiger charge is -2.05. The first kappa shape index (κ1) is 17.1. The molecule has 1 amide bonds. The molecule has 3 aromatic carbocycles. The lowest BCUT2D eigenvalue weighted by molar-refractivity contribution is -0.113. The van der Waals surface area contributed by atoms with Crippen LogP contribution in [0.15, 0.2) is 76.4 Å². The summed E-state index contributed by atoms with van der Waals surface area (Å²) in [5.41, 5.74) is 1.22. The van der Waals surface area contributed by atoms with Crippen LogP contribution in [0.2, 0.25) is 0 Å².